The minimum atomic E-state index is -1.20. The molecule has 0 spiro atoms. The monoisotopic (exact) mass is 618 g/mol. The fourth-order valence-corrected chi connectivity index (χ4v) is 24.1. The zero-order chi connectivity index (χ0) is 22.0. The molecule has 31 heavy (non-hydrogen) atoms. The summed E-state index contributed by atoms with van der Waals surface area (Å²) >= 11 is 5.96. The van der Waals surface area contributed by atoms with Crippen LogP contribution in [-0.4, -0.2) is 28.6 Å². The molecule has 0 aromatic heterocycles. The first-order valence-corrected chi connectivity index (χ1v) is 29.6. The molecule has 7 heteroatoms. The Bertz CT molecular complexity index is 525. The van der Waals surface area contributed by atoms with Gasteiger partial charge in [-0.25, -0.2) is 0 Å². The molecule has 3 aliphatic carbocycles. The third-order valence-corrected chi connectivity index (χ3v) is 32.5. The van der Waals surface area contributed by atoms with Crippen molar-refractivity contribution in [3.05, 3.63) is 14.9 Å². The summed E-state index contributed by atoms with van der Waals surface area (Å²) in [5.41, 5.74) is 2.21. The van der Waals surface area contributed by atoms with E-state index in [1.165, 1.54) is 32.1 Å². The van der Waals surface area contributed by atoms with Gasteiger partial charge < -0.3 is 14.9 Å². The molecule has 0 aromatic rings. The Morgan fingerprint density at radius 3 is 1.87 bits per heavy atom. The van der Waals surface area contributed by atoms with Gasteiger partial charge in [-0.1, -0.05) is 90.4 Å². The fourth-order valence-electron chi connectivity index (χ4n) is 7.41. The Labute approximate surface area is 223 Å². The first kappa shape index (κ1) is 33.4. The molecule has 0 bridgehead atoms. The van der Waals surface area contributed by atoms with E-state index in [4.69, 9.17) is 28.6 Å². The summed E-state index contributed by atoms with van der Waals surface area (Å²) in [6.07, 6.45) is 11.9. The van der Waals surface area contributed by atoms with Crippen LogP contribution in [0.25, 0.3) is 0 Å². The van der Waals surface area contributed by atoms with Crippen molar-refractivity contribution in [3.8, 4) is 0 Å². The summed E-state index contributed by atoms with van der Waals surface area (Å²) in [5, 5.41) is 0.501. The predicted molar refractivity (Wildman–Crippen MR) is 152 cm³/mol. The Morgan fingerprint density at radius 1 is 0.742 bits per heavy atom. The van der Waals surface area contributed by atoms with Crippen molar-refractivity contribution in [3.63, 3.8) is 0 Å². The van der Waals surface area contributed by atoms with Gasteiger partial charge in [0.25, 0.3) is 0 Å². The van der Waals surface area contributed by atoms with Gasteiger partial charge >= 0.3 is 37.9 Å². The SMILES string of the molecule is C[Si](C)(C)CC1CCC([Si](C)(C)[Si](C)(C)C2CCC3C(Cl)CCCC32)C1.[CH3-].[CH3-].[Cl][Zr+2][Cl]. The van der Waals surface area contributed by atoms with Crippen molar-refractivity contribution in [1.29, 1.82) is 0 Å². The number of hydrogen-bond acceptors (Lipinski definition) is 0. The molecule has 0 saturated heterocycles. The molecule has 0 aromatic carbocycles. The Kier molecular flexibility index (Phi) is 14.7. The molecule has 6 atom stereocenters. The molecule has 6 unspecified atom stereocenters. The molecule has 0 aliphatic heterocycles. The minimum absolute atomic E-state index is 0. The van der Waals surface area contributed by atoms with Crippen LogP contribution in [0.5, 0.6) is 0 Å². The van der Waals surface area contributed by atoms with E-state index in [0.717, 1.165) is 28.8 Å². The molecular weight excluding hydrogens is 570 g/mol. The van der Waals surface area contributed by atoms with E-state index in [1.54, 1.807) is 25.3 Å². The van der Waals surface area contributed by atoms with E-state index in [-0.39, 0.29) is 14.9 Å². The first-order valence-electron chi connectivity index (χ1n) is 12.0. The number of rotatable bonds is 5. The van der Waals surface area contributed by atoms with E-state index < -0.39 is 44.1 Å². The van der Waals surface area contributed by atoms with E-state index in [2.05, 4.69) is 45.8 Å². The molecule has 3 fully saturated rings. The van der Waals surface area contributed by atoms with Crippen LogP contribution in [0.2, 0.25) is 63.0 Å². The molecule has 0 radical (unpaired) electrons. The van der Waals surface area contributed by atoms with Crippen LogP contribution >= 0.6 is 28.6 Å². The molecule has 3 aliphatic rings. The van der Waals surface area contributed by atoms with Crippen LogP contribution in [0.15, 0.2) is 0 Å². The molecule has 0 heterocycles. The Morgan fingerprint density at radius 2 is 1.32 bits per heavy atom. The molecular formula is C24H51Cl3Si3Zr. The zero-order valence-corrected chi connectivity index (χ0v) is 29.7. The van der Waals surface area contributed by atoms with Crippen LogP contribution in [0.3, 0.4) is 0 Å². The molecule has 184 valence electrons. The number of hydrogen-bond donors (Lipinski definition) is 0. The van der Waals surface area contributed by atoms with Crippen molar-refractivity contribution < 1.29 is 20.8 Å². The van der Waals surface area contributed by atoms with E-state index in [9.17, 15) is 0 Å². The number of halogens is 3. The standard InChI is InChI=1S/C22H45ClSi3.2CH3.2ClH.Zr/c1-24(2,3)16-17-11-12-18(15-17)25(4,5)26(6,7)22-14-13-19-20(22)9-8-10-21(19)23;;;;;/h17-22H,8-16H2,1-7H3;2*1H3;2*1H;/q;2*-1;;;+4/p-2. The maximum atomic E-state index is 6.79. The van der Waals surface area contributed by atoms with Gasteiger partial charge in [-0.2, -0.15) is 0 Å². The molecule has 0 N–H and O–H groups in total. The van der Waals surface area contributed by atoms with E-state index >= 15 is 0 Å². The van der Waals surface area contributed by atoms with Crippen molar-refractivity contribution in [2.24, 2.45) is 17.8 Å². The van der Waals surface area contributed by atoms with Crippen LogP contribution in [-0.2, 0) is 20.8 Å². The summed E-state index contributed by atoms with van der Waals surface area (Å²) in [6.45, 7) is 19.0. The van der Waals surface area contributed by atoms with Gasteiger partial charge in [0.05, 0.1) is 0 Å². The second kappa shape index (κ2) is 13.6. The van der Waals surface area contributed by atoms with Gasteiger partial charge in [0.2, 0.25) is 0 Å². The van der Waals surface area contributed by atoms with Crippen molar-refractivity contribution in [2.75, 3.05) is 0 Å². The molecule has 3 rings (SSSR count). The van der Waals surface area contributed by atoms with E-state index in [1.807, 2.05) is 0 Å². The second-order valence-corrected chi connectivity index (χ2v) is 38.6. The van der Waals surface area contributed by atoms with Crippen LogP contribution < -0.4 is 0 Å². The molecule has 0 amide bonds. The number of alkyl halides is 1. The Balaban J connectivity index is 0.00000170. The summed E-state index contributed by atoms with van der Waals surface area (Å²) < 4.78 is 0. The quantitative estimate of drug-likeness (QED) is 0.163. The average molecular weight is 622 g/mol. The molecule has 0 nitrogen and oxygen atoms in total. The van der Waals surface area contributed by atoms with Crippen molar-refractivity contribution in [2.45, 2.75) is 120 Å². The average Bonchev–Trinajstić information content (AvgIpc) is 3.22. The van der Waals surface area contributed by atoms with E-state index in [0.29, 0.717) is 5.38 Å². The van der Waals surface area contributed by atoms with Crippen LogP contribution in [0, 0.1) is 32.6 Å². The summed E-state index contributed by atoms with van der Waals surface area (Å²) in [4.78, 5) is 0. The van der Waals surface area contributed by atoms with Crippen molar-refractivity contribution >= 4 is 51.9 Å². The van der Waals surface area contributed by atoms with Gasteiger partial charge in [0.1, 0.15) is 0 Å². The third-order valence-electron chi connectivity index (χ3n) is 9.41. The first-order chi connectivity index (χ1) is 13.3. The van der Waals surface area contributed by atoms with Gasteiger partial charge in [-0.3, -0.25) is 0 Å². The Hall–Kier alpha value is 2.40. The predicted octanol–water partition coefficient (Wildman–Crippen LogP) is 10.5. The third kappa shape index (κ3) is 8.21. The van der Waals surface area contributed by atoms with Crippen LogP contribution in [0.1, 0.15) is 51.4 Å². The van der Waals surface area contributed by atoms with Gasteiger partial charge in [-0.15, -0.1) is 11.6 Å². The normalized spacial score (nSPS) is 33.2. The maximum absolute atomic E-state index is 6.79. The number of fused-ring (bicyclic) bond motifs is 1. The summed E-state index contributed by atoms with van der Waals surface area (Å²) in [7, 11) is 6.60. The summed E-state index contributed by atoms with van der Waals surface area (Å²) in [5.74, 6) is 2.94. The van der Waals surface area contributed by atoms with Gasteiger partial charge in [0, 0.05) is 28.6 Å². The van der Waals surface area contributed by atoms with Crippen molar-refractivity contribution in [1.82, 2.24) is 0 Å². The van der Waals surface area contributed by atoms with Gasteiger partial charge in [0.15, 0.2) is 0 Å². The molecule has 3 saturated carbocycles. The summed E-state index contributed by atoms with van der Waals surface area (Å²) in [6, 6.07) is 1.58. The topological polar surface area (TPSA) is 0 Å². The zero-order valence-electron chi connectivity index (χ0n) is 22.0. The fraction of sp³-hybridized carbons (Fsp3) is 0.917. The van der Waals surface area contributed by atoms with Crippen LogP contribution in [0.4, 0.5) is 0 Å². The second-order valence-electron chi connectivity index (χ2n) is 12.6. The van der Waals surface area contributed by atoms with Gasteiger partial charge in [-0.05, 0) is 41.7 Å².